The average Bonchev–Trinajstić information content (AvgIpc) is 2.65. The number of anilines is 1. The van der Waals surface area contributed by atoms with Crippen molar-refractivity contribution in [3.05, 3.63) is 22.7 Å². The summed E-state index contributed by atoms with van der Waals surface area (Å²) in [6.45, 7) is 0. The summed E-state index contributed by atoms with van der Waals surface area (Å²) in [6.07, 6.45) is -7.58. The van der Waals surface area contributed by atoms with E-state index in [4.69, 9.17) is 20.3 Å². The van der Waals surface area contributed by atoms with Gasteiger partial charge in [0.15, 0.2) is 6.23 Å². The molecule has 0 amide bonds. The van der Waals surface area contributed by atoms with Crippen molar-refractivity contribution >= 4 is 13.4 Å². The summed E-state index contributed by atoms with van der Waals surface area (Å²) in [7, 11) is -4.55. The number of nitrogens with two attached hydrogens (primary N) is 1. The zero-order chi connectivity index (χ0) is 16.7. The van der Waals surface area contributed by atoms with Crippen molar-refractivity contribution in [2.75, 3.05) is 11.9 Å². The van der Waals surface area contributed by atoms with Crippen LogP contribution in [0, 0.1) is 0 Å². The van der Waals surface area contributed by atoms with Gasteiger partial charge in [0.2, 0.25) is 0 Å². The fourth-order valence-electron chi connectivity index (χ4n) is 2.20. The molecule has 0 bridgehead atoms. The van der Waals surface area contributed by atoms with Gasteiger partial charge >= 0.3 is 13.3 Å². The molecule has 0 aromatic carbocycles. The van der Waals surface area contributed by atoms with Gasteiger partial charge in [0.05, 0.1) is 12.3 Å². The van der Waals surface area contributed by atoms with Gasteiger partial charge in [-0.1, -0.05) is 0 Å². The van der Waals surface area contributed by atoms with Crippen molar-refractivity contribution in [1.29, 1.82) is 0 Å². The first-order valence-electron chi connectivity index (χ1n) is 6.19. The number of nitrogen functional groups attached to an aromatic ring is 1. The normalized spacial score (nSPS) is 30.4. The van der Waals surface area contributed by atoms with Crippen LogP contribution in [0.4, 0.5) is 5.82 Å². The molecule has 1 aliphatic rings. The topological polar surface area (TPSA) is 188 Å². The van der Waals surface area contributed by atoms with E-state index in [1.807, 2.05) is 0 Å². The van der Waals surface area contributed by atoms with E-state index in [2.05, 4.69) is 4.98 Å². The molecule has 1 aliphatic heterocycles. The second kappa shape index (κ2) is 6.05. The number of aromatic nitrogens is 2. The van der Waals surface area contributed by atoms with E-state index in [-0.39, 0.29) is 5.82 Å². The molecule has 0 spiro atoms. The molecule has 12 heteroatoms. The quantitative estimate of drug-likeness (QED) is 0.308. The van der Waals surface area contributed by atoms with E-state index in [1.54, 1.807) is 0 Å². The number of aliphatic hydroxyl groups excluding tert-OH is 3. The molecule has 1 aromatic rings. The maximum Gasteiger partial charge on any atom is 0.351 e. The summed E-state index contributed by atoms with van der Waals surface area (Å²) in [4.78, 5) is 32.8. The first-order chi connectivity index (χ1) is 10.1. The Morgan fingerprint density at radius 3 is 2.59 bits per heavy atom. The van der Waals surface area contributed by atoms with Crippen LogP contribution in [0.25, 0.3) is 0 Å². The minimum Gasteiger partial charge on any atom is -0.390 e. The molecule has 0 radical (unpaired) electrons. The maximum atomic E-state index is 11.7. The summed E-state index contributed by atoms with van der Waals surface area (Å²) < 4.78 is 16.9. The summed E-state index contributed by atoms with van der Waals surface area (Å²) >= 11 is 0. The lowest BCUT2D eigenvalue weighted by Gasteiger charge is -2.21. The molecule has 0 saturated carbocycles. The molecule has 2 rings (SSSR count). The highest BCUT2D eigenvalue weighted by Gasteiger charge is 2.48. The molecule has 1 aromatic heterocycles. The van der Waals surface area contributed by atoms with Crippen LogP contribution in [0.1, 0.15) is 6.23 Å². The van der Waals surface area contributed by atoms with E-state index in [0.717, 1.165) is 4.57 Å². The Morgan fingerprint density at radius 1 is 1.41 bits per heavy atom. The van der Waals surface area contributed by atoms with Gasteiger partial charge in [-0.25, -0.2) is 4.79 Å². The second-order valence-electron chi connectivity index (χ2n) is 4.93. The zero-order valence-corrected chi connectivity index (χ0v) is 12.0. The van der Waals surface area contributed by atoms with Crippen molar-refractivity contribution in [3.63, 3.8) is 0 Å². The third-order valence-corrected chi connectivity index (χ3v) is 4.05. The number of hydrogen-bond donors (Lipinski definition) is 6. The Bertz CT molecular complexity index is 645. The molecule has 7 N–H and O–H groups in total. The van der Waals surface area contributed by atoms with E-state index < -0.39 is 50.1 Å². The Labute approximate surface area is 123 Å². The Kier molecular flexibility index (Phi) is 4.68. The number of aliphatic hydroxyl groups is 3. The highest BCUT2D eigenvalue weighted by atomic mass is 31.2. The zero-order valence-electron chi connectivity index (χ0n) is 11.1. The molecule has 124 valence electrons. The predicted octanol–water partition coefficient (Wildman–Crippen LogP) is -3.02. The second-order valence-corrected chi connectivity index (χ2v) is 6.62. The lowest BCUT2D eigenvalue weighted by Crippen LogP contribution is -2.40. The van der Waals surface area contributed by atoms with Crippen LogP contribution in [-0.2, 0) is 9.30 Å². The maximum absolute atomic E-state index is 11.7. The minimum absolute atomic E-state index is 0.0487. The third kappa shape index (κ3) is 3.52. The van der Waals surface area contributed by atoms with E-state index >= 15 is 0 Å². The van der Waals surface area contributed by atoms with Crippen LogP contribution < -0.4 is 11.4 Å². The summed E-state index contributed by atoms with van der Waals surface area (Å²) in [5.41, 5.74) is 4.48. The average molecular weight is 337 g/mol. The van der Waals surface area contributed by atoms with Crippen LogP contribution in [0.2, 0.25) is 0 Å². The van der Waals surface area contributed by atoms with Gasteiger partial charge < -0.3 is 35.6 Å². The summed E-state index contributed by atoms with van der Waals surface area (Å²) in [5.74, 6) is -0.0487. The fraction of sp³-hybridized carbons (Fsp3) is 0.600. The molecule has 22 heavy (non-hydrogen) atoms. The molecular formula is C10H16N3O8P. The summed E-state index contributed by atoms with van der Waals surface area (Å²) in [6, 6.07) is 1.27. The molecule has 0 aliphatic carbocycles. The van der Waals surface area contributed by atoms with Crippen LogP contribution in [-0.4, -0.2) is 65.2 Å². The lowest BCUT2D eigenvalue weighted by atomic mass is 10.1. The Morgan fingerprint density at radius 2 is 2.05 bits per heavy atom. The summed E-state index contributed by atoms with van der Waals surface area (Å²) in [5, 5.41) is 29.5. The molecule has 0 unspecified atom stereocenters. The standard InChI is InChI=1S/C10H16N3O8P/c11-5-1-2-13(10(17)12-5)9-7(16)6(15)8(21-9)4(14)3-22(18,19)20/h1-2,4,6-9,14-16H,3H2,(H2,11,12,17)(H2,18,19,20)/t4-,6+,7-,8-,9-/m1/s1. The van der Waals surface area contributed by atoms with Crippen molar-refractivity contribution in [2.24, 2.45) is 0 Å². The van der Waals surface area contributed by atoms with E-state index in [0.29, 0.717) is 0 Å². The fourth-order valence-corrected chi connectivity index (χ4v) is 2.90. The highest BCUT2D eigenvalue weighted by molar-refractivity contribution is 7.51. The lowest BCUT2D eigenvalue weighted by molar-refractivity contribution is -0.0802. The molecule has 1 saturated heterocycles. The number of hydrogen-bond acceptors (Lipinski definition) is 8. The largest absolute Gasteiger partial charge is 0.390 e. The van der Waals surface area contributed by atoms with E-state index in [1.165, 1.54) is 12.3 Å². The predicted molar refractivity (Wildman–Crippen MR) is 71.8 cm³/mol. The van der Waals surface area contributed by atoms with Crippen LogP contribution >= 0.6 is 7.60 Å². The van der Waals surface area contributed by atoms with Gasteiger partial charge in [-0.2, -0.15) is 4.98 Å². The number of nitrogens with zero attached hydrogens (tertiary/aromatic N) is 2. The van der Waals surface area contributed by atoms with Crippen LogP contribution in [0.3, 0.4) is 0 Å². The van der Waals surface area contributed by atoms with Crippen LogP contribution in [0.15, 0.2) is 17.1 Å². The third-order valence-electron chi connectivity index (χ3n) is 3.21. The smallest absolute Gasteiger partial charge is 0.351 e. The first kappa shape index (κ1) is 17.0. The molecule has 11 nitrogen and oxygen atoms in total. The van der Waals surface area contributed by atoms with Gasteiger partial charge in [0.25, 0.3) is 0 Å². The van der Waals surface area contributed by atoms with E-state index in [9.17, 15) is 24.7 Å². The molecular weight excluding hydrogens is 321 g/mol. The van der Waals surface area contributed by atoms with Gasteiger partial charge in [0.1, 0.15) is 24.1 Å². The van der Waals surface area contributed by atoms with Gasteiger partial charge in [0, 0.05) is 6.20 Å². The van der Waals surface area contributed by atoms with Gasteiger partial charge in [-0.3, -0.25) is 9.13 Å². The molecule has 1 fully saturated rings. The molecule has 5 atom stereocenters. The highest BCUT2D eigenvalue weighted by Crippen LogP contribution is 2.39. The Hall–Kier alpha value is -1.33. The molecule has 2 heterocycles. The van der Waals surface area contributed by atoms with Crippen molar-refractivity contribution in [1.82, 2.24) is 9.55 Å². The van der Waals surface area contributed by atoms with Crippen molar-refractivity contribution < 1.29 is 34.4 Å². The first-order valence-corrected chi connectivity index (χ1v) is 7.99. The van der Waals surface area contributed by atoms with Gasteiger partial charge in [-0.05, 0) is 6.07 Å². The SMILES string of the molecule is Nc1ccn([C@@H]2O[C@H]([C@H](O)CP(=O)(O)O)[C@@H](O)[C@H]2O)c(=O)n1. The number of rotatable bonds is 4. The van der Waals surface area contributed by atoms with Crippen molar-refractivity contribution in [2.45, 2.75) is 30.6 Å². The minimum atomic E-state index is -4.55. The van der Waals surface area contributed by atoms with Crippen molar-refractivity contribution in [3.8, 4) is 0 Å². The van der Waals surface area contributed by atoms with Crippen LogP contribution in [0.5, 0.6) is 0 Å². The monoisotopic (exact) mass is 337 g/mol. The Balaban J connectivity index is 2.23. The number of ether oxygens (including phenoxy) is 1. The van der Waals surface area contributed by atoms with Gasteiger partial charge in [-0.15, -0.1) is 0 Å².